The first-order valence-electron chi connectivity index (χ1n) is 6.93. The smallest absolute Gasteiger partial charge is 0.325 e. The van der Waals surface area contributed by atoms with E-state index in [4.69, 9.17) is 9.47 Å². The molecule has 0 aliphatic carbocycles. The van der Waals surface area contributed by atoms with Crippen molar-refractivity contribution in [1.82, 2.24) is 15.5 Å². The lowest BCUT2D eigenvalue weighted by molar-refractivity contribution is 0.0580. The van der Waals surface area contributed by atoms with Crippen LogP contribution < -0.4 is 20.1 Å². The molecule has 118 valence electrons. The summed E-state index contributed by atoms with van der Waals surface area (Å²) >= 11 is 0. The first kappa shape index (κ1) is 14.5. The van der Waals surface area contributed by atoms with Crippen LogP contribution in [-0.4, -0.2) is 48.5 Å². The maximum atomic E-state index is 11.9. The van der Waals surface area contributed by atoms with E-state index in [0.29, 0.717) is 30.2 Å². The zero-order valence-electron chi connectivity index (χ0n) is 12.1. The number of nitrogens with one attached hydrogen (secondary N) is 2. The van der Waals surface area contributed by atoms with Gasteiger partial charge in [0.1, 0.15) is 5.60 Å². The van der Waals surface area contributed by atoms with Gasteiger partial charge in [0.15, 0.2) is 11.5 Å². The molecule has 1 fully saturated rings. The quantitative estimate of drug-likeness (QED) is 0.748. The molecule has 8 heteroatoms. The number of aliphatic hydroxyl groups is 1. The second kappa shape index (κ2) is 5.38. The fraction of sp³-hybridized carbons (Fsp3) is 0.429. The number of hydrogen-bond acceptors (Lipinski definition) is 5. The predicted molar refractivity (Wildman–Crippen MR) is 75.6 cm³/mol. The molecule has 3 rings (SSSR count). The van der Waals surface area contributed by atoms with E-state index in [2.05, 4.69) is 10.6 Å². The van der Waals surface area contributed by atoms with Gasteiger partial charge < -0.3 is 25.2 Å². The first-order chi connectivity index (χ1) is 10.5. The Hall–Kier alpha value is -2.48. The van der Waals surface area contributed by atoms with Crippen LogP contribution in [0.15, 0.2) is 18.2 Å². The lowest BCUT2D eigenvalue weighted by Crippen LogP contribution is -2.46. The van der Waals surface area contributed by atoms with Crippen LogP contribution in [-0.2, 0) is 5.60 Å². The Balaban J connectivity index is 1.65. The first-order valence-corrected chi connectivity index (χ1v) is 6.93. The number of benzene rings is 1. The van der Waals surface area contributed by atoms with Gasteiger partial charge in [-0.1, -0.05) is 6.07 Å². The summed E-state index contributed by atoms with van der Waals surface area (Å²) in [4.78, 5) is 24.4. The highest BCUT2D eigenvalue weighted by Crippen LogP contribution is 2.35. The summed E-state index contributed by atoms with van der Waals surface area (Å²) < 4.78 is 10.5. The van der Waals surface area contributed by atoms with Gasteiger partial charge in [0.2, 0.25) is 6.79 Å². The summed E-state index contributed by atoms with van der Waals surface area (Å²) in [5.74, 6) is 1.18. The molecule has 8 nitrogen and oxygen atoms in total. The average Bonchev–Trinajstić information content (AvgIpc) is 3.12. The van der Waals surface area contributed by atoms with E-state index >= 15 is 0 Å². The van der Waals surface area contributed by atoms with Gasteiger partial charge in [-0.25, -0.2) is 14.5 Å². The number of imide groups is 1. The van der Waals surface area contributed by atoms with E-state index in [1.54, 1.807) is 25.1 Å². The number of rotatable bonds is 3. The summed E-state index contributed by atoms with van der Waals surface area (Å²) in [6, 6.07) is 4.14. The van der Waals surface area contributed by atoms with Gasteiger partial charge in [0, 0.05) is 13.1 Å². The van der Waals surface area contributed by atoms with Gasteiger partial charge in [0.05, 0.1) is 6.54 Å². The van der Waals surface area contributed by atoms with Crippen LogP contribution in [0.1, 0.15) is 12.5 Å². The lowest BCUT2D eigenvalue weighted by atomic mass is 9.95. The fourth-order valence-electron chi connectivity index (χ4n) is 2.34. The number of urea groups is 2. The third kappa shape index (κ3) is 2.64. The highest BCUT2D eigenvalue weighted by Gasteiger charge is 2.30. The van der Waals surface area contributed by atoms with Crippen LogP contribution in [0.4, 0.5) is 9.59 Å². The Kier molecular flexibility index (Phi) is 3.53. The van der Waals surface area contributed by atoms with Crippen molar-refractivity contribution in [2.75, 3.05) is 26.4 Å². The minimum absolute atomic E-state index is 0.0325. The number of hydrogen-bond donors (Lipinski definition) is 3. The molecule has 2 heterocycles. The summed E-state index contributed by atoms with van der Waals surface area (Å²) in [6.07, 6.45) is 0. The minimum Gasteiger partial charge on any atom is -0.454 e. The van der Waals surface area contributed by atoms with Crippen molar-refractivity contribution in [3.63, 3.8) is 0 Å². The maximum Gasteiger partial charge on any atom is 0.325 e. The van der Waals surface area contributed by atoms with Crippen LogP contribution in [0.5, 0.6) is 11.5 Å². The molecule has 3 N–H and O–H groups in total. The van der Waals surface area contributed by atoms with Gasteiger partial charge in [-0.05, 0) is 24.6 Å². The van der Waals surface area contributed by atoms with E-state index in [0.717, 1.165) is 4.90 Å². The molecule has 22 heavy (non-hydrogen) atoms. The third-order valence-electron chi connectivity index (χ3n) is 3.68. The molecule has 0 aromatic heterocycles. The topological polar surface area (TPSA) is 100 Å². The van der Waals surface area contributed by atoms with E-state index in [1.807, 2.05) is 0 Å². The number of nitrogens with zero attached hydrogens (tertiary/aromatic N) is 1. The number of carbonyl (C=O) groups excluding carboxylic acids is 2. The number of ether oxygens (including phenoxy) is 2. The van der Waals surface area contributed by atoms with E-state index in [9.17, 15) is 14.7 Å². The zero-order valence-corrected chi connectivity index (χ0v) is 12.1. The zero-order chi connectivity index (χ0) is 15.7. The normalized spacial score (nSPS) is 18.8. The molecule has 4 amide bonds. The van der Waals surface area contributed by atoms with Crippen molar-refractivity contribution in [2.45, 2.75) is 12.5 Å². The minimum atomic E-state index is -1.30. The second-order valence-corrected chi connectivity index (χ2v) is 5.38. The molecule has 2 aliphatic heterocycles. The molecule has 0 spiro atoms. The molecule has 1 aromatic rings. The monoisotopic (exact) mass is 307 g/mol. The lowest BCUT2D eigenvalue weighted by Gasteiger charge is -2.25. The van der Waals surface area contributed by atoms with Gasteiger partial charge in [-0.15, -0.1) is 0 Å². The highest BCUT2D eigenvalue weighted by atomic mass is 16.7. The van der Waals surface area contributed by atoms with Crippen molar-refractivity contribution < 1.29 is 24.2 Å². The Morgan fingerprint density at radius 1 is 1.45 bits per heavy atom. The van der Waals surface area contributed by atoms with Crippen LogP contribution in [0.2, 0.25) is 0 Å². The van der Waals surface area contributed by atoms with Gasteiger partial charge in [0.25, 0.3) is 0 Å². The third-order valence-corrected chi connectivity index (χ3v) is 3.68. The van der Waals surface area contributed by atoms with Crippen LogP contribution in [0.25, 0.3) is 0 Å². The molecule has 1 atom stereocenters. The fourth-order valence-corrected chi connectivity index (χ4v) is 2.34. The molecular weight excluding hydrogens is 290 g/mol. The van der Waals surface area contributed by atoms with Crippen molar-refractivity contribution in [3.8, 4) is 11.5 Å². The maximum absolute atomic E-state index is 11.9. The number of fused-ring (bicyclic) bond motifs is 1. The SMILES string of the molecule is CC(O)(CNC(=O)N1CCNC1=O)c1ccc2c(c1)OCO2. The Morgan fingerprint density at radius 3 is 2.95 bits per heavy atom. The van der Waals surface area contributed by atoms with E-state index in [1.165, 1.54) is 0 Å². The number of amides is 4. The van der Waals surface area contributed by atoms with Crippen molar-refractivity contribution in [1.29, 1.82) is 0 Å². The van der Waals surface area contributed by atoms with Crippen LogP contribution in [0.3, 0.4) is 0 Å². The van der Waals surface area contributed by atoms with Crippen LogP contribution >= 0.6 is 0 Å². The summed E-state index contributed by atoms with van der Waals surface area (Å²) in [6.45, 7) is 2.45. The van der Waals surface area contributed by atoms with E-state index in [-0.39, 0.29) is 13.3 Å². The summed E-state index contributed by atoms with van der Waals surface area (Å²) in [5.41, 5.74) is -0.713. The molecule has 1 unspecified atom stereocenters. The predicted octanol–water partition coefficient (Wildman–Crippen LogP) is 0.358. The van der Waals surface area contributed by atoms with Crippen LogP contribution in [0, 0.1) is 0 Å². The average molecular weight is 307 g/mol. The molecule has 0 saturated carbocycles. The van der Waals surface area contributed by atoms with Crippen molar-refractivity contribution >= 4 is 12.1 Å². The molecule has 1 saturated heterocycles. The second-order valence-electron chi connectivity index (χ2n) is 5.38. The molecular formula is C14H17N3O5. The summed E-state index contributed by atoms with van der Waals surface area (Å²) in [5, 5.41) is 15.7. The van der Waals surface area contributed by atoms with E-state index < -0.39 is 17.7 Å². The standard InChI is InChI=1S/C14H17N3O5/c1-14(20,7-16-13(19)17-5-4-15-12(17)18)9-2-3-10-11(6-9)22-8-21-10/h2-3,6,20H,4-5,7-8H2,1H3,(H,15,18)(H,16,19). The largest absolute Gasteiger partial charge is 0.454 e. The Morgan fingerprint density at radius 2 is 2.23 bits per heavy atom. The Bertz CT molecular complexity index is 616. The van der Waals surface area contributed by atoms with Crippen molar-refractivity contribution in [2.24, 2.45) is 0 Å². The van der Waals surface area contributed by atoms with Crippen molar-refractivity contribution in [3.05, 3.63) is 23.8 Å². The number of carbonyl (C=O) groups is 2. The summed E-state index contributed by atoms with van der Waals surface area (Å²) in [7, 11) is 0. The molecule has 1 aromatic carbocycles. The highest BCUT2D eigenvalue weighted by molar-refractivity contribution is 5.94. The molecule has 2 aliphatic rings. The van der Waals surface area contributed by atoms with Gasteiger partial charge in [-0.2, -0.15) is 0 Å². The van der Waals surface area contributed by atoms with Gasteiger partial charge in [-0.3, -0.25) is 0 Å². The molecule has 0 bridgehead atoms. The molecule has 0 radical (unpaired) electrons. The Labute approximate surface area is 127 Å². The van der Waals surface area contributed by atoms with Gasteiger partial charge >= 0.3 is 12.1 Å².